The Labute approximate surface area is 158 Å². The fourth-order valence-corrected chi connectivity index (χ4v) is 4.16. The van der Waals surface area contributed by atoms with E-state index in [-0.39, 0.29) is 0 Å². The van der Waals surface area contributed by atoms with Crippen molar-refractivity contribution in [2.24, 2.45) is 0 Å². The van der Waals surface area contributed by atoms with Gasteiger partial charge in [-0.05, 0) is 57.0 Å². The zero-order valence-electron chi connectivity index (χ0n) is 15.4. The zero-order chi connectivity index (χ0) is 18.1. The highest BCUT2D eigenvalue weighted by Crippen LogP contribution is 2.28. The maximum atomic E-state index is 4.87. The lowest BCUT2D eigenvalue weighted by Crippen LogP contribution is -2.33. The number of anilines is 1. The first-order valence-corrected chi connectivity index (χ1v) is 9.81. The highest BCUT2D eigenvalue weighted by Gasteiger charge is 2.26. The molecule has 0 aromatic carbocycles. The SMILES string of the molecule is c1cc(CN2CCC(c3nnc4ccc(N5CCCC5)nn34)CC2)ncn1. The lowest BCUT2D eigenvalue weighted by molar-refractivity contribution is 0.198. The van der Waals surface area contributed by atoms with Gasteiger partial charge in [-0.15, -0.1) is 15.3 Å². The molecule has 0 spiro atoms. The summed E-state index contributed by atoms with van der Waals surface area (Å²) in [6.45, 7) is 5.15. The Bertz CT molecular complexity index is 894. The normalized spacial score (nSPS) is 19.2. The molecule has 0 saturated carbocycles. The lowest BCUT2D eigenvalue weighted by Gasteiger charge is -2.30. The van der Waals surface area contributed by atoms with Gasteiger partial charge in [0.15, 0.2) is 11.5 Å². The fourth-order valence-electron chi connectivity index (χ4n) is 4.16. The van der Waals surface area contributed by atoms with Crippen LogP contribution in [0.15, 0.2) is 30.7 Å². The molecule has 27 heavy (non-hydrogen) atoms. The molecule has 3 aromatic heterocycles. The Hall–Kier alpha value is -2.61. The van der Waals surface area contributed by atoms with Gasteiger partial charge >= 0.3 is 0 Å². The van der Waals surface area contributed by atoms with E-state index in [1.54, 1.807) is 12.5 Å². The molecular formula is C19H24N8. The number of hydrogen-bond acceptors (Lipinski definition) is 7. The highest BCUT2D eigenvalue weighted by molar-refractivity contribution is 5.46. The van der Waals surface area contributed by atoms with E-state index >= 15 is 0 Å². The minimum absolute atomic E-state index is 0.406. The van der Waals surface area contributed by atoms with Gasteiger partial charge in [0.2, 0.25) is 0 Å². The summed E-state index contributed by atoms with van der Waals surface area (Å²) >= 11 is 0. The summed E-state index contributed by atoms with van der Waals surface area (Å²) in [6, 6.07) is 6.10. The molecule has 2 aliphatic heterocycles. The summed E-state index contributed by atoms with van der Waals surface area (Å²) in [5, 5.41) is 13.7. The van der Waals surface area contributed by atoms with Gasteiger partial charge in [-0.3, -0.25) is 4.90 Å². The molecule has 5 heterocycles. The third-order valence-corrected chi connectivity index (χ3v) is 5.68. The number of fused-ring (bicyclic) bond motifs is 1. The largest absolute Gasteiger partial charge is 0.355 e. The first-order valence-electron chi connectivity index (χ1n) is 9.81. The molecule has 0 N–H and O–H groups in total. The molecule has 0 radical (unpaired) electrons. The monoisotopic (exact) mass is 364 g/mol. The van der Waals surface area contributed by atoms with Gasteiger partial charge in [-0.2, -0.15) is 4.52 Å². The highest BCUT2D eigenvalue weighted by atomic mass is 15.4. The van der Waals surface area contributed by atoms with E-state index in [0.717, 1.165) is 68.5 Å². The first-order chi connectivity index (χ1) is 13.4. The number of rotatable bonds is 4. The first kappa shape index (κ1) is 16.6. The molecule has 0 amide bonds. The van der Waals surface area contributed by atoms with Crippen LogP contribution in [0.1, 0.15) is 43.1 Å². The summed E-state index contributed by atoms with van der Waals surface area (Å²) in [4.78, 5) is 13.1. The molecule has 2 fully saturated rings. The van der Waals surface area contributed by atoms with Crippen molar-refractivity contribution < 1.29 is 0 Å². The predicted molar refractivity (Wildman–Crippen MR) is 102 cm³/mol. The second kappa shape index (κ2) is 7.19. The van der Waals surface area contributed by atoms with Crippen molar-refractivity contribution >= 4 is 11.5 Å². The van der Waals surface area contributed by atoms with E-state index in [1.165, 1.54) is 12.8 Å². The van der Waals surface area contributed by atoms with Crippen LogP contribution in [0.4, 0.5) is 5.82 Å². The summed E-state index contributed by atoms with van der Waals surface area (Å²) in [7, 11) is 0. The Balaban J connectivity index is 1.30. The van der Waals surface area contributed by atoms with Crippen LogP contribution in [0.2, 0.25) is 0 Å². The van der Waals surface area contributed by atoms with E-state index < -0.39 is 0 Å². The van der Waals surface area contributed by atoms with Crippen molar-refractivity contribution in [3.05, 3.63) is 42.2 Å². The van der Waals surface area contributed by atoms with E-state index in [2.05, 4.69) is 36.0 Å². The van der Waals surface area contributed by atoms with Crippen LogP contribution in [0.3, 0.4) is 0 Å². The Morgan fingerprint density at radius 2 is 1.81 bits per heavy atom. The molecule has 8 heteroatoms. The van der Waals surface area contributed by atoms with E-state index in [1.807, 2.05) is 16.6 Å². The van der Waals surface area contributed by atoms with Crippen LogP contribution in [0.25, 0.3) is 5.65 Å². The third-order valence-electron chi connectivity index (χ3n) is 5.68. The quantitative estimate of drug-likeness (QED) is 0.700. The van der Waals surface area contributed by atoms with Gasteiger partial charge in [0, 0.05) is 31.7 Å². The van der Waals surface area contributed by atoms with Crippen LogP contribution >= 0.6 is 0 Å². The molecule has 0 atom stereocenters. The smallest absolute Gasteiger partial charge is 0.178 e. The molecule has 3 aromatic rings. The van der Waals surface area contributed by atoms with E-state index in [9.17, 15) is 0 Å². The van der Waals surface area contributed by atoms with E-state index in [0.29, 0.717) is 5.92 Å². The van der Waals surface area contributed by atoms with Crippen molar-refractivity contribution in [3.8, 4) is 0 Å². The van der Waals surface area contributed by atoms with Crippen LogP contribution in [0, 0.1) is 0 Å². The minimum atomic E-state index is 0.406. The van der Waals surface area contributed by atoms with Gasteiger partial charge in [0.25, 0.3) is 0 Å². The topological polar surface area (TPSA) is 75.3 Å². The molecule has 0 bridgehead atoms. The van der Waals surface area contributed by atoms with Crippen LogP contribution in [0.5, 0.6) is 0 Å². The summed E-state index contributed by atoms with van der Waals surface area (Å²) in [5.41, 5.74) is 1.92. The second-order valence-electron chi connectivity index (χ2n) is 7.47. The molecule has 140 valence electrons. The molecule has 0 unspecified atom stereocenters. The molecular weight excluding hydrogens is 340 g/mol. The predicted octanol–water partition coefficient (Wildman–Crippen LogP) is 1.89. The molecule has 5 rings (SSSR count). The van der Waals surface area contributed by atoms with Crippen molar-refractivity contribution in [3.63, 3.8) is 0 Å². The van der Waals surface area contributed by atoms with Crippen LogP contribution < -0.4 is 4.90 Å². The number of nitrogens with zero attached hydrogens (tertiary/aromatic N) is 8. The standard InChI is InChI=1S/C19H24N8/c1-2-10-26(9-1)18-4-3-17-22-23-19(27(17)24-18)15-6-11-25(12-7-15)13-16-5-8-20-14-21-16/h3-5,8,14-15H,1-2,6-7,9-13H2. The summed E-state index contributed by atoms with van der Waals surface area (Å²) in [5.74, 6) is 2.46. The summed E-state index contributed by atoms with van der Waals surface area (Å²) in [6.07, 6.45) is 8.07. The van der Waals surface area contributed by atoms with Crippen LogP contribution in [-0.4, -0.2) is 60.9 Å². The zero-order valence-corrected chi connectivity index (χ0v) is 15.4. The Kier molecular flexibility index (Phi) is 4.41. The van der Waals surface area contributed by atoms with Gasteiger partial charge in [-0.1, -0.05) is 0 Å². The van der Waals surface area contributed by atoms with Crippen molar-refractivity contribution in [1.82, 2.24) is 34.7 Å². The Morgan fingerprint density at radius 1 is 0.963 bits per heavy atom. The average Bonchev–Trinajstić information content (AvgIpc) is 3.39. The van der Waals surface area contributed by atoms with Gasteiger partial charge in [-0.25, -0.2) is 9.97 Å². The Morgan fingerprint density at radius 3 is 2.59 bits per heavy atom. The van der Waals surface area contributed by atoms with Gasteiger partial charge in [0.1, 0.15) is 12.1 Å². The van der Waals surface area contributed by atoms with E-state index in [4.69, 9.17) is 5.10 Å². The molecule has 2 aliphatic rings. The maximum absolute atomic E-state index is 4.87. The van der Waals surface area contributed by atoms with Crippen molar-refractivity contribution in [1.29, 1.82) is 0 Å². The molecule has 8 nitrogen and oxygen atoms in total. The molecule has 0 aliphatic carbocycles. The lowest BCUT2D eigenvalue weighted by atomic mass is 9.96. The fraction of sp³-hybridized carbons (Fsp3) is 0.526. The number of hydrogen-bond donors (Lipinski definition) is 0. The van der Waals surface area contributed by atoms with Gasteiger partial charge < -0.3 is 4.90 Å². The van der Waals surface area contributed by atoms with Crippen molar-refractivity contribution in [2.75, 3.05) is 31.1 Å². The van der Waals surface area contributed by atoms with Crippen molar-refractivity contribution in [2.45, 2.75) is 38.1 Å². The maximum Gasteiger partial charge on any atom is 0.178 e. The third kappa shape index (κ3) is 3.37. The number of piperidine rings is 1. The van der Waals surface area contributed by atoms with Gasteiger partial charge in [0.05, 0.1) is 5.69 Å². The average molecular weight is 364 g/mol. The molecule has 2 saturated heterocycles. The number of likely N-dealkylation sites (tertiary alicyclic amines) is 1. The van der Waals surface area contributed by atoms with Crippen LogP contribution in [-0.2, 0) is 6.54 Å². The minimum Gasteiger partial charge on any atom is -0.355 e. The second-order valence-corrected chi connectivity index (χ2v) is 7.47. The number of aromatic nitrogens is 6. The summed E-state index contributed by atoms with van der Waals surface area (Å²) < 4.78 is 1.97.